The number of anilines is 2. The van der Waals surface area contributed by atoms with Crippen molar-refractivity contribution in [1.29, 1.82) is 0 Å². The number of hydrogen-bond acceptors (Lipinski definition) is 5. The fourth-order valence-electron chi connectivity index (χ4n) is 2.88. The summed E-state index contributed by atoms with van der Waals surface area (Å²) in [6, 6.07) is 14.7. The van der Waals surface area contributed by atoms with Crippen LogP contribution in [0.4, 0.5) is 20.2 Å². The number of rotatable bonds is 8. The third-order valence-electron chi connectivity index (χ3n) is 4.86. The number of ether oxygens (including phenoxy) is 1. The van der Waals surface area contributed by atoms with E-state index >= 15 is 0 Å². The standard InChI is InChI=1S/C24H22F2N2O5S/c1-3-16-4-8-18(9-5-16)27-23(29)15(2)33-24(30)17-6-10-19(11-7-17)28-34(31,32)20-12-13-21(25)22(26)14-20/h4-15,28H,3H2,1-2H3,(H,27,29)/t15-/m1/s1. The first kappa shape index (κ1) is 24.8. The van der Waals surface area contributed by atoms with Crippen LogP contribution in [0.3, 0.4) is 0 Å². The van der Waals surface area contributed by atoms with Gasteiger partial charge < -0.3 is 10.1 Å². The molecule has 0 aliphatic heterocycles. The fraction of sp³-hybridized carbons (Fsp3) is 0.167. The molecule has 2 N–H and O–H groups in total. The Bertz CT molecular complexity index is 1290. The number of aryl methyl sites for hydroxylation is 1. The van der Waals surface area contributed by atoms with Gasteiger partial charge in [-0.2, -0.15) is 0 Å². The summed E-state index contributed by atoms with van der Waals surface area (Å²) in [7, 11) is -4.18. The lowest BCUT2D eigenvalue weighted by atomic mass is 10.1. The van der Waals surface area contributed by atoms with Gasteiger partial charge in [0.15, 0.2) is 17.7 Å². The van der Waals surface area contributed by atoms with Gasteiger partial charge in [-0.1, -0.05) is 19.1 Å². The van der Waals surface area contributed by atoms with Crippen molar-refractivity contribution >= 4 is 33.3 Å². The maximum absolute atomic E-state index is 13.4. The smallest absolute Gasteiger partial charge is 0.338 e. The van der Waals surface area contributed by atoms with Crippen LogP contribution < -0.4 is 10.0 Å². The molecule has 0 aliphatic carbocycles. The Balaban J connectivity index is 1.60. The van der Waals surface area contributed by atoms with Crippen molar-refractivity contribution in [2.45, 2.75) is 31.3 Å². The third-order valence-corrected chi connectivity index (χ3v) is 6.24. The molecule has 1 atom stereocenters. The molecule has 3 aromatic rings. The summed E-state index contributed by atoms with van der Waals surface area (Å²) in [6.07, 6.45) is -0.210. The van der Waals surface area contributed by atoms with Crippen LogP contribution in [0.25, 0.3) is 0 Å². The van der Waals surface area contributed by atoms with Crippen molar-refractivity contribution in [2.75, 3.05) is 10.0 Å². The second-order valence-corrected chi connectivity index (χ2v) is 9.03. The normalized spacial score (nSPS) is 12.0. The van der Waals surface area contributed by atoms with E-state index in [9.17, 15) is 26.8 Å². The molecule has 0 spiro atoms. The lowest BCUT2D eigenvalue weighted by Crippen LogP contribution is -2.30. The summed E-state index contributed by atoms with van der Waals surface area (Å²) in [6.45, 7) is 3.45. The summed E-state index contributed by atoms with van der Waals surface area (Å²) in [5.74, 6) is -3.75. The van der Waals surface area contributed by atoms with Crippen molar-refractivity contribution in [1.82, 2.24) is 0 Å². The fourth-order valence-corrected chi connectivity index (χ4v) is 3.95. The zero-order valence-electron chi connectivity index (χ0n) is 18.3. The minimum Gasteiger partial charge on any atom is -0.449 e. The van der Waals surface area contributed by atoms with Gasteiger partial charge >= 0.3 is 5.97 Å². The minimum atomic E-state index is -4.18. The van der Waals surface area contributed by atoms with E-state index in [4.69, 9.17) is 4.74 Å². The number of halogens is 2. The molecule has 7 nitrogen and oxygen atoms in total. The molecule has 0 aliphatic rings. The van der Waals surface area contributed by atoms with Gasteiger partial charge in [-0.3, -0.25) is 9.52 Å². The summed E-state index contributed by atoms with van der Waals surface area (Å²) >= 11 is 0. The number of carbonyl (C=O) groups is 2. The van der Waals surface area contributed by atoms with Gasteiger partial charge in [0.2, 0.25) is 0 Å². The van der Waals surface area contributed by atoms with Crippen molar-refractivity contribution in [3.63, 3.8) is 0 Å². The summed E-state index contributed by atoms with van der Waals surface area (Å²) in [4.78, 5) is 24.2. The maximum atomic E-state index is 13.4. The molecule has 34 heavy (non-hydrogen) atoms. The quantitative estimate of drug-likeness (QED) is 0.454. The highest BCUT2D eigenvalue weighted by molar-refractivity contribution is 7.92. The molecule has 3 rings (SSSR count). The largest absolute Gasteiger partial charge is 0.449 e. The second-order valence-electron chi connectivity index (χ2n) is 7.35. The Morgan fingerprint density at radius 3 is 2.12 bits per heavy atom. The third kappa shape index (κ3) is 6.16. The minimum absolute atomic E-state index is 0.0857. The number of sulfonamides is 1. The first-order valence-electron chi connectivity index (χ1n) is 10.3. The van der Waals surface area contributed by atoms with Crippen molar-refractivity contribution in [3.8, 4) is 0 Å². The van der Waals surface area contributed by atoms with Crippen molar-refractivity contribution < 1.29 is 31.5 Å². The highest BCUT2D eigenvalue weighted by atomic mass is 32.2. The van der Waals surface area contributed by atoms with Crippen LogP contribution in [0.15, 0.2) is 71.6 Å². The van der Waals surface area contributed by atoms with E-state index in [0.717, 1.165) is 18.1 Å². The molecule has 0 radical (unpaired) electrons. The number of carbonyl (C=O) groups excluding carboxylic acids is 2. The molecular formula is C24H22F2N2O5S. The topological polar surface area (TPSA) is 102 Å². The molecule has 0 saturated heterocycles. The Hall–Kier alpha value is -3.79. The van der Waals surface area contributed by atoms with Gasteiger partial charge in [-0.05, 0) is 73.5 Å². The van der Waals surface area contributed by atoms with Gasteiger partial charge in [-0.15, -0.1) is 0 Å². The Morgan fingerprint density at radius 1 is 0.912 bits per heavy atom. The number of nitrogens with one attached hydrogen (secondary N) is 2. The van der Waals surface area contributed by atoms with Crippen molar-refractivity contribution in [2.24, 2.45) is 0 Å². The molecule has 178 valence electrons. The highest BCUT2D eigenvalue weighted by Crippen LogP contribution is 2.19. The van der Waals surface area contributed by atoms with Gasteiger partial charge in [-0.25, -0.2) is 22.0 Å². The predicted molar refractivity (Wildman–Crippen MR) is 123 cm³/mol. The van der Waals surface area contributed by atoms with Gasteiger partial charge in [0.1, 0.15) is 0 Å². The average Bonchev–Trinajstić information content (AvgIpc) is 2.81. The highest BCUT2D eigenvalue weighted by Gasteiger charge is 2.20. The van der Waals surface area contributed by atoms with E-state index in [2.05, 4.69) is 10.0 Å². The molecule has 1 amide bonds. The van der Waals surface area contributed by atoms with Crippen LogP contribution in [-0.2, 0) is 26.0 Å². The number of hydrogen-bond donors (Lipinski definition) is 2. The first-order valence-corrected chi connectivity index (χ1v) is 11.8. The predicted octanol–water partition coefficient (Wildman–Crippen LogP) is 4.51. The molecule has 0 heterocycles. The average molecular weight is 489 g/mol. The zero-order chi connectivity index (χ0) is 24.9. The van der Waals surface area contributed by atoms with Crippen molar-refractivity contribution in [3.05, 3.63) is 89.5 Å². The van der Waals surface area contributed by atoms with Crippen LogP contribution in [0.2, 0.25) is 0 Å². The van der Waals surface area contributed by atoms with E-state index in [-0.39, 0.29) is 11.3 Å². The molecule has 0 fully saturated rings. The Kier molecular flexibility index (Phi) is 7.62. The van der Waals surface area contributed by atoms with Crippen LogP contribution in [0.1, 0.15) is 29.8 Å². The number of esters is 1. The second kappa shape index (κ2) is 10.4. The molecular weight excluding hydrogens is 466 g/mol. The van der Waals surface area contributed by atoms with E-state index in [0.29, 0.717) is 17.8 Å². The Labute approximate surface area is 195 Å². The van der Waals surface area contributed by atoms with Crippen LogP contribution in [0, 0.1) is 11.6 Å². The van der Waals surface area contributed by atoms with E-state index in [1.54, 1.807) is 12.1 Å². The zero-order valence-corrected chi connectivity index (χ0v) is 19.2. The molecule has 0 bridgehead atoms. The van der Waals surface area contributed by atoms with Gasteiger partial charge in [0, 0.05) is 11.4 Å². The first-order chi connectivity index (χ1) is 16.1. The van der Waals surface area contributed by atoms with Crippen LogP contribution in [0.5, 0.6) is 0 Å². The molecule has 0 saturated carbocycles. The van der Waals surface area contributed by atoms with Crippen LogP contribution in [-0.4, -0.2) is 26.4 Å². The van der Waals surface area contributed by atoms with Gasteiger partial charge in [0.25, 0.3) is 15.9 Å². The van der Waals surface area contributed by atoms with E-state index in [1.807, 2.05) is 19.1 Å². The molecule has 0 unspecified atom stereocenters. The summed E-state index contributed by atoms with van der Waals surface area (Å²) in [5.41, 5.74) is 1.86. The Morgan fingerprint density at radius 2 is 1.53 bits per heavy atom. The van der Waals surface area contributed by atoms with E-state index < -0.39 is 44.5 Å². The lowest BCUT2D eigenvalue weighted by molar-refractivity contribution is -0.123. The molecule has 10 heteroatoms. The molecule has 0 aromatic heterocycles. The number of amides is 1. The van der Waals surface area contributed by atoms with Gasteiger partial charge in [0.05, 0.1) is 10.5 Å². The van der Waals surface area contributed by atoms with Crippen LogP contribution >= 0.6 is 0 Å². The summed E-state index contributed by atoms with van der Waals surface area (Å²) < 4.78 is 58.5. The monoisotopic (exact) mass is 488 g/mol. The molecule has 3 aromatic carbocycles. The maximum Gasteiger partial charge on any atom is 0.338 e. The lowest BCUT2D eigenvalue weighted by Gasteiger charge is -2.14. The SMILES string of the molecule is CCc1ccc(NC(=O)[C@@H](C)OC(=O)c2ccc(NS(=O)(=O)c3ccc(F)c(F)c3)cc2)cc1. The summed E-state index contributed by atoms with van der Waals surface area (Å²) in [5, 5.41) is 2.66. The van der Waals surface area contributed by atoms with E-state index in [1.165, 1.54) is 31.2 Å². The number of benzene rings is 3.